The average molecular weight is 281 g/mol. The van der Waals surface area contributed by atoms with E-state index >= 15 is 0 Å². The van der Waals surface area contributed by atoms with Crippen LogP contribution >= 0.6 is 0 Å². The largest absolute Gasteiger partial charge is 0.356 e. The molecule has 0 amide bonds. The molecule has 3 nitrogen and oxygen atoms in total. The molecular weight excluding hydrogens is 260 g/mol. The number of hydrogen-bond acceptors (Lipinski definition) is 1. The molecule has 20 heavy (non-hydrogen) atoms. The van der Waals surface area contributed by atoms with Crippen molar-refractivity contribution in [2.75, 3.05) is 13.6 Å². The van der Waals surface area contributed by atoms with Gasteiger partial charge in [-0.3, -0.25) is 4.99 Å². The molecule has 0 atom stereocenters. The quantitative estimate of drug-likeness (QED) is 0.657. The fourth-order valence-electron chi connectivity index (χ4n) is 2.54. The lowest BCUT2D eigenvalue weighted by Gasteiger charge is -2.17. The third-order valence-corrected chi connectivity index (χ3v) is 3.65. The summed E-state index contributed by atoms with van der Waals surface area (Å²) in [5.41, 5.74) is 0.122. The van der Waals surface area contributed by atoms with E-state index in [1.54, 1.807) is 7.05 Å². The second kappa shape index (κ2) is 7.22. The summed E-state index contributed by atoms with van der Waals surface area (Å²) in [5, 5.41) is 6.44. The van der Waals surface area contributed by atoms with Gasteiger partial charge in [0.1, 0.15) is 11.6 Å². The van der Waals surface area contributed by atoms with E-state index in [0.717, 1.165) is 12.8 Å². The number of aliphatic imine (C=N–C) groups is 1. The molecule has 0 saturated heterocycles. The Labute approximate surface area is 118 Å². The zero-order chi connectivity index (χ0) is 14.4. The molecule has 0 unspecified atom stereocenters. The third kappa shape index (κ3) is 3.92. The topological polar surface area (TPSA) is 36.4 Å². The van der Waals surface area contributed by atoms with Gasteiger partial charge in [-0.1, -0.05) is 18.9 Å². The van der Waals surface area contributed by atoms with Gasteiger partial charge in [-0.05, 0) is 31.4 Å². The van der Waals surface area contributed by atoms with Gasteiger partial charge in [-0.15, -0.1) is 0 Å². The van der Waals surface area contributed by atoms with Gasteiger partial charge in [0.05, 0.1) is 0 Å². The fourth-order valence-corrected chi connectivity index (χ4v) is 2.54. The second-order valence-electron chi connectivity index (χ2n) is 5.07. The predicted octanol–water partition coefficient (Wildman–Crippen LogP) is 2.61. The van der Waals surface area contributed by atoms with Gasteiger partial charge < -0.3 is 10.6 Å². The summed E-state index contributed by atoms with van der Waals surface area (Å²) in [6.07, 6.45) is 5.10. The summed E-state index contributed by atoms with van der Waals surface area (Å²) >= 11 is 0. The van der Waals surface area contributed by atoms with E-state index in [2.05, 4.69) is 15.6 Å². The first-order valence-electron chi connectivity index (χ1n) is 7.11. The minimum Gasteiger partial charge on any atom is -0.356 e. The van der Waals surface area contributed by atoms with Gasteiger partial charge in [0.15, 0.2) is 5.96 Å². The van der Waals surface area contributed by atoms with Crippen molar-refractivity contribution in [1.29, 1.82) is 0 Å². The predicted molar refractivity (Wildman–Crippen MR) is 76.8 cm³/mol. The monoisotopic (exact) mass is 281 g/mol. The van der Waals surface area contributed by atoms with E-state index in [1.807, 2.05) is 0 Å². The van der Waals surface area contributed by atoms with Crippen LogP contribution in [-0.4, -0.2) is 25.6 Å². The molecule has 0 spiro atoms. The molecule has 1 saturated carbocycles. The van der Waals surface area contributed by atoms with Gasteiger partial charge in [0.2, 0.25) is 0 Å². The molecule has 1 fully saturated rings. The number of hydrogen-bond donors (Lipinski definition) is 2. The fraction of sp³-hybridized carbons (Fsp3) is 0.533. The highest BCUT2D eigenvalue weighted by Gasteiger charge is 2.16. The van der Waals surface area contributed by atoms with Crippen molar-refractivity contribution >= 4 is 5.96 Å². The lowest BCUT2D eigenvalue weighted by atomic mass is 10.1. The van der Waals surface area contributed by atoms with Gasteiger partial charge in [-0.2, -0.15) is 0 Å². The van der Waals surface area contributed by atoms with Crippen LogP contribution in [0.1, 0.15) is 31.2 Å². The molecule has 5 heteroatoms. The van der Waals surface area contributed by atoms with Gasteiger partial charge >= 0.3 is 0 Å². The first-order valence-corrected chi connectivity index (χ1v) is 7.11. The highest BCUT2D eigenvalue weighted by atomic mass is 19.1. The Hall–Kier alpha value is -1.65. The SMILES string of the molecule is CN=C(NCCc1c(F)cccc1F)NC1CCCC1. The van der Waals surface area contributed by atoms with Crippen molar-refractivity contribution in [3.8, 4) is 0 Å². The van der Waals surface area contributed by atoms with E-state index in [4.69, 9.17) is 0 Å². The molecule has 1 aliphatic rings. The Kier molecular flexibility index (Phi) is 5.32. The molecule has 0 aromatic heterocycles. The lowest BCUT2D eigenvalue weighted by Crippen LogP contribution is -2.43. The van der Waals surface area contributed by atoms with E-state index in [1.165, 1.54) is 31.0 Å². The zero-order valence-corrected chi connectivity index (χ0v) is 11.8. The average Bonchev–Trinajstić information content (AvgIpc) is 2.93. The Morgan fingerprint density at radius 3 is 2.50 bits per heavy atom. The first-order chi connectivity index (χ1) is 9.70. The standard InChI is InChI=1S/C15H21F2N3/c1-18-15(20-11-5-2-3-6-11)19-10-9-12-13(16)7-4-8-14(12)17/h4,7-8,11H,2-3,5-6,9-10H2,1H3,(H2,18,19,20). The zero-order valence-electron chi connectivity index (χ0n) is 11.8. The van der Waals surface area contributed by atoms with E-state index in [9.17, 15) is 8.78 Å². The minimum absolute atomic E-state index is 0.122. The van der Waals surface area contributed by atoms with Crippen molar-refractivity contribution in [3.63, 3.8) is 0 Å². The highest BCUT2D eigenvalue weighted by Crippen LogP contribution is 2.17. The molecule has 0 radical (unpaired) electrons. The molecule has 1 aromatic rings. The molecule has 2 N–H and O–H groups in total. The molecule has 1 aliphatic carbocycles. The van der Waals surface area contributed by atoms with Crippen LogP contribution in [0, 0.1) is 11.6 Å². The molecule has 0 heterocycles. The maximum atomic E-state index is 13.5. The molecule has 110 valence electrons. The lowest BCUT2D eigenvalue weighted by molar-refractivity contribution is 0.551. The Balaban J connectivity index is 1.82. The summed E-state index contributed by atoms with van der Waals surface area (Å²) in [6.45, 7) is 0.449. The third-order valence-electron chi connectivity index (χ3n) is 3.65. The van der Waals surface area contributed by atoms with E-state index < -0.39 is 11.6 Å². The maximum absolute atomic E-state index is 13.5. The van der Waals surface area contributed by atoms with Crippen molar-refractivity contribution in [1.82, 2.24) is 10.6 Å². The van der Waals surface area contributed by atoms with Crippen LogP contribution in [0.25, 0.3) is 0 Å². The van der Waals surface area contributed by atoms with Crippen LogP contribution in [0.5, 0.6) is 0 Å². The molecule has 0 aliphatic heterocycles. The van der Waals surface area contributed by atoms with E-state index in [-0.39, 0.29) is 5.56 Å². The molecule has 2 rings (SSSR count). The number of halogens is 2. The number of rotatable bonds is 4. The van der Waals surface area contributed by atoms with Crippen LogP contribution in [-0.2, 0) is 6.42 Å². The summed E-state index contributed by atoms with van der Waals surface area (Å²) in [4.78, 5) is 4.13. The van der Waals surface area contributed by atoms with Gasteiger partial charge in [0.25, 0.3) is 0 Å². The van der Waals surface area contributed by atoms with Crippen LogP contribution in [0.15, 0.2) is 23.2 Å². The Morgan fingerprint density at radius 2 is 1.90 bits per heavy atom. The van der Waals surface area contributed by atoms with Crippen LogP contribution < -0.4 is 10.6 Å². The van der Waals surface area contributed by atoms with Crippen LogP contribution in [0.4, 0.5) is 8.78 Å². The number of nitrogens with zero attached hydrogens (tertiary/aromatic N) is 1. The summed E-state index contributed by atoms with van der Waals surface area (Å²) < 4.78 is 26.9. The molecule has 1 aromatic carbocycles. The maximum Gasteiger partial charge on any atom is 0.191 e. The van der Waals surface area contributed by atoms with Crippen molar-refractivity contribution in [2.24, 2.45) is 4.99 Å². The first kappa shape index (κ1) is 14.8. The Morgan fingerprint density at radius 1 is 1.25 bits per heavy atom. The number of nitrogens with one attached hydrogen (secondary N) is 2. The summed E-state index contributed by atoms with van der Waals surface area (Å²) in [5.74, 6) is -0.287. The van der Waals surface area contributed by atoms with Crippen LogP contribution in [0.3, 0.4) is 0 Å². The molecular formula is C15H21F2N3. The highest BCUT2D eigenvalue weighted by molar-refractivity contribution is 5.79. The normalized spacial score (nSPS) is 16.4. The van der Waals surface area contributed by atoms with Crippen molar-refractivity contribution in [2.45, 2.75) is 38.1 Å². The summed E-state index contributed by atoms with van der Waals surface area (Å²) in [6, 6.07) is 4.40. The Bertz CT molecular complexity index is 448. The number of benzene rings is 1. The number of guanidine groups is 1. The van der Waals surface area contributed by atoms with Crippen molar-refractivity contribution in [3.05, 3.63) is 35.4 Å². The van der Waals surface area contributed by atoms with Crippen molar-refractivity contribution < 1.29 is 8.78 Å². The summed E-state index contributed by atoms with van der Waals surface area (Å²) in [7, 11) is 1.70. The minimum atomic E-state index is -0.495. The van der Waals surface area contributed by atoms with Gasteiger partial charge in [-0.25, -0.2) is 8.78 Å². The van der Waals surface area contributed by atoms with Gasteiger partial charge in [0, 0.05) is 25.2 Å². The van der Waals surface area contributed by atoms with Crippen LogP contribution in [0.2, 0.25) is 0 Å². The smallest absolute Gasteiger partial charge is 0.191 e. The molecule has 0 bridgehead atoms. The second-order valence-corrected chi connectivity index (χ2v) is 5.07. The van der Waals surface area contributed by atoms with E-state index in [0.29, 0.717) is 25.0 Å².